The second-order valence-corrected chi connectivity index (χ2v) is 5.33. The van der Waals surface area contributed by atoms with Crippen molar-refractivity contribution in [3.63, 3.8) is 0 Å². The van der Waals surface area contributed by atoms with E-state index in [-0.39, 0.29) is 16.4 Å². The second kappa shape index (κ2) is 6.54. The van der Waals surface area contributed by atoms with E-state index in [1.54, 1.807) is 18.2 Å². The Morgan fingerprint density at radius 3 is 2.61 bits per heavy atom. The SMILES string of the molecule is COc1ccc(C2C(C#N)=C(N)NC(=S)C2C(N)=O)c(OC)c1. The summed E-state index contributed by atoms with van der Waals surface area (Å²) in [6, 6.07) is 7.09. The van der Waals surface area contributed by atoms with Crippen molar-refractivity contribution in [2.75, 3.05) is 14.2 Å². The number of nitrogens with two attached hydrogens (primary N) is 2. The number of amides is 1. The molecule has 120 valence electrons. The maximum atomic E-state index is 11.9. The van der Waals surface area contributed by atoms with Crippen molar-refractivity contribution in [3.05, 3.63) is 35.2 Å². The predicted octanol–water partition coefficient (Wildman–Crippen LogP) is 0.513. The highest BCUT2D eigenvalue weighted by atomic mass is 32.1. The third kappa shape index (κ3) is 2.91. The molecule has 0 saturated heterocycles. The van der Waals surface area contributed by atoms with Crippen molar-refractivity contribution in [3.8, 4) is 17.6 Å². The zero-order valence-corrected chi connectivity index (χ0v) is 13.4. The van der Waals surface area contributed by atoms with Crippen molar-refractivity contribution >= 4 is 23.1 Å². The van der Waals surface area contributed by atoms with Crippen LogP contribution in [0.5, 0.6) is 11.5 Å². The molecule has 2 unspecified atom stereocenters. The average Bonchev–Trinajstić information content (AvgIpc) is 2.53. The Kier molecular flexibility index (Phi) is 4.71. The van der Waals surface area contributed by atoms with Crippen LogP contribution in [0.15, 0.2) is 29.6 Å². The van der Waals surface area contributed by atoms with Crippen LogP contribution < -0.4 is 26.3 Å². The van der Waals surface area contributed by atoms with Crippen LogP contribution in [0.1, 0.15) is 11.5 Å². The van der Waals surface area contributed by atoms with E-state index in [0.29, 0.717) is 17.1 Å². The molecule has 0 bridgehead atoms. The summed E-state index contributed by atoms with van der Waals surface area (Å²) in [6.45, 7) is 0. The van der Waals surface area contributed by atoms with E-state index in [4.69, 9.17) is 33.2 Å². The van der Waals surface area contributed by atoms with Crippen molar-refractivity contribution in [2.24, 2.45) is 17.4 Å². The molecule has 0 radical (unpaired) electrons. The molecule has 0 fully saturated rings. The van der Waals surface area contributed by atoms with Gasteiger partial charge in [-0.2, -0.15) is 5.26 Å². The van der Waals surface area contributed by atoms with E-state index in [9.17, 15) is 10.1 Å². The van der Waals surface area contributed by atoms with Gasteiger partial charge in [0.15, 0.2) is 0 Å². The Bertz CT molecular complexity index is 739. The highest BCUT2D eigenvalue weighted by Gasteiger charge is 2.41. The van der Waals surface area contributed by atoms with Crippen molar-refractivity contribution in [1.82, 2.24) is 5.32 Å². The van der Waals surface area contributed by atoms with E-state index >= 15 is 0 Å². The van der Waals surface area contributed by atoms with Crippen LogP contribution in [0.2, 0.25) is 0 Å². The molecule has 0 aromatic heterocycles. The molecule has 7 nitrogen and oxygen atoms in total. The minimum Gasteiger partial charge on any atom is -0.497 e. The molecule has 0 saturated carbocycles. The molecule has 5 N–H and O–H groups in total. The Labute approximate surface area is 138 Å². The predicted molar refractivity (Wildman–Crippen MR) is 87.5 cm³/mol. The van der Waals surface area contributed by atoms with Gasteiger partial charge in [0.25, 0.3) is 0 Å². The summed E-state index contributed by atoms with van der Waals surface area (Å²) in [4.78, 5) is 12.1. The number of nitrogens with one attached hydrogen (secondary N) is 1. The maximum Gasteiger partial charge on any atom is 0.228 e. The molecule has 23 heavy (non-hydrogen) atoms. The number of benzene rings is 1. The van der Waals surface area contributed by atoms with Gasteiger partial charge in [0.1, 0.15) is 23.2 Å². The summed E-state index contributed by atoms with van der Waals surface area (Å²) in [5.41, 5.74) is 12.1. The van der Waals surface area contributed by atoms with Crippen LogP contribution in [0.25, 0.3) is 0 Å². The van der Waals surface area contributed by atoms with Crippen LogP contribution in [0, 0.1) is 17.2 Å². The molecule has 0 aliphatic carbocycles. The number of ether oxygens (including phenoxy) is 2. The van der Waals surface area contributed by atoms with Gasteiger partial charge < -0.3 is 26.3 Å². The van der Waals surface area contributed by atoms with Crippen molar-refractivity contribution < 1.29 is 14.3 Å². The molecule has 1 amide bonds. The van der Waals surface area contributed by atoms with Crippen LogP contribution in [-0.2, 0) is 4.79 Å². The number of methoxy groups -OCH3 is 2. The van der Waals surface area contributed by atoms with Crippen molar-refractivity contribution in [1.29, 1.82) is 5.26 Å². The first-order valence-corrected chi connectivity index (χ1v) is 7.07. The third-order valence-electron chi connectivity index (χ3n) is 3.68. The van der Waals surface area contributed by atoms with Gasteiger partial charge in [-0.05, 0) is 6.07 Å². The maximum absolute atomic E-state index is 11.9. The average molecular weight is 332 g/mol. The van der Waals surface area contributed by atoms with Crippen molar-refractivity contribution in [2.45, 2.75) is 5.92 Å². The van der Waals surface area contributed by atoms with E-state index < -0.39 is 17.7 Å². The summed E-state index contributed by atoms with van der Waals surface area (Å²) in [7, 11) is 3.01. The molecule has 8 heteroatoms. The first kappa shape index (κ1) is 16.6. The third-order valence-corrected chi connectivity index (χ3v) is 4.03. The fourth-order valence-electron chi connectivity index (χ4n) is 2.60. The lowest BCUT2D eigenvalue weighted by Crippen LogP contribution is -2.47. The summed E-state index contributed by atoms with van der Waals surface area (Å²) in [6.07, 6.45) is 0. The number of allylic oxidation sites excluding steroid dienone is 1. The van der Waals surface area contributed by atoms with Crippen LogP contribution in [-0.4, -0.2) is 25.1 Å². The van der Waals surface area contributed by atoms with Gasteiger partial charge in [0.05, 0.1) is 30.9 Å². The summed E-state index contributed by atoms with van der Waals surface area (Å²) < 4.78 is 10.5. The second-order valence-electron chi connectivity index (χ2n) is 4.89. The summed E-state index contributed by atoms with van der Waals surface area (Å²) in [5, 5.41) is 12.1. The van der Waals surface area contributed by atoms with Gasteiger partial charge >= 0.3 is 0 Å². The number of hydrogen-bond donors (Lipinski definition) is 3. The Hall–Kier alpha value is -2.79. The van der Waals surface area contributed by atoms with Crippen LogP contribution in [0.3, 0.4) is 0 Å². The van der Waals surface area contributed by atoms with Gasteiger partial charge in [-0.15, -0.1) is 0 Å². The Balaban J connectivity index is 2.69. The number of carbonyl (C=O) groups is 1. The Morgan fingerprint density at radius 2 is 2.09 bits per heavy atom. The minimum absolute atomic E-state index is 0.109. The number of rotatable bonds is 4. The first-order chi connectivity index (χ1) is 10.9. The van der Waals surface area contributed by atoms with E-state index in [1.807, 2.05) is 6.07 Å². The molecule has 1 aliphatic heterocycles. The number of carbonyl (C=O) groups excluding carboxylic acids is 1. The minimum atomic E-state index is -0.894. The van der Waals surface area contributed by atoms with Gasteiger partial charge in [-0.3, -0.25) is 4.79 Å². The number of hydrogen-bond acceptors (Lipinski definition) is 6. The number of nitriles is 1. The highest BCUT2D eigenvalue weighted by molar-refractivity contribution is 7.80. The number of nitrogens with zero attached hydrogens (tertiary/aromatic N) is 1. The normalized spacial score (nSPS) is 20.5. The molecule has 1 aliphatic rings. The lowest BCUT2D eigenvalue weighted by Gasteiger charge is -2.32. The van der Waals surface area contributed by atoms with Crippen LogP contribution >= 0.6 is 12.2 Å². The van der Waals surface area contributed by atoms with Gasteiger partial charge in [-0.25, -0.2) is 0 Å². The standard InChI is InChI=1S/C15H16N4O3S/c1-21-7-3-4-8(10(5-7)22-2)11-9(6-16)13(17)19-15(23)12(11)14(18)20/h3-5,11-12H,17H2,1-2H3,(H2,18,20)(H,19,23). The van der Waals surface area contributed by atoms with E-state index in [1.165, 1.54) is 14.2 Å². The number of primary amides is 1. The smallest absolute Gasteiger partial charge is 0.228 e. The molecule has 1 heterocycles. The lowest BCUT2D eigenvalue weighted by atomic mass is 9.77. The molecule has 2 rings (SSSR count). The van der Waals surface area contributed by atoms with E-state index in [0.717, 1.165) is 0 Å². The molecule has 1 aromatic rings. The van der Waals surface area contributed by atoms with Gasteiger partial charge in [-0.1, -0.05) is 18.3 Å². The molecule has 0 spiro atoms. The monoisotopic (exact) mass is 332 g/mol. The zero-order chi connectivity index (χ0) is 17.1. The number of thiocarbonyl (C=S) groups is 1. The molecule has 1 aromatic carbocycles. The lowest BCUT2D eigenvalue weighted by molar-refractivity contribution is -0.120. The summed E-state index contributed by atoms with van der Waals surface area (Å²) >= 11 is 5.19. The van der Waals surface area contributed by atoms with Gasteiger partial charge in [0, 0.05) is 17.5 Å². The van der Waals surface area contributed by atoms with E-state index in [2.05, 4.69) is 5.32 Å². The highest BCUT2D eigenvalue weighted by Crippen LogP contribution is 2.41. The first-order valence-electron chi connectivity index (χ1n) is 6.66. The van der Waals surface area contributed by atoms with Gasteiger partial charge in [0.2, 0.25) is 5.91 Å². The Morgan fingerprint density at radius 1 is 1.39 bits per heavy atom. The molecular weight excluding hydrogens is 316 g/mol. The van der Waals surface area contributed by atoms with Crippen LogP contribution in [0.4, 0.5) is 0 Å². The molecular formula is C15H16N4O3S. The zero-order valence-electron chi connectivity index (χ0n) is 12.6. The fourth-order valence-corrected chi connectivity index (χ4v) is 2.96. The largest absolute Gasteiger partial charge is 0.497 e. The topological polar surface area (TPSA) is 123 Å². The summed E-state index contributed by atoms with van der Waals surface area (Å²) in [5.74, 6) is -1.12. The fraction of sp³-hybridized carbons (Fsp3) is 0.267. The quantitative estimate of drug-likeness (QED) is 0.686. The molecule has 2 atom stereocenters.